The molecular weight excluding hydrogens is 512 g/mol. The third-order valence-corrected chi connectivity index (χ3v) is 12.4. The van der Waals surface area contributed by atoms with Gasteiger partial charge in [0.2, 0.25) is 0 Å². The Labute approximate surface area is 244 Å². The quantitative estimate of drug-likeness (QED) is 0.0846. The van der Waals surface area contributed by atoms with Gasteiger partial charge < -0.3 is 15.4 Å². The molecule has 40 heavy (non-hydrogen) atoms. The van der Waals surface area contributed by atoms with Gasteiger partial charge in [-0.3, -0.25) is 9.59 Å². The summed E-state index contributed by atoms with van der Waals surface area (Å²) < 4.78 is 0. The lowest BCUT2D eigenvalue weighted by Crippen LogP contribution is -2.65. The summed E-state index contributed by atoms with van der Waals surface area (Å²) in [5, 5.41) is 7.34. The molecule has 0 aromatic heterocycles. The fraction of sp³-hybridized carbons (Fsp3) is 0.529. The Morgan fingerprint density at radius 1 is 0.700 bits per heavy atom. The fourth-order valence-corrected chi connectivity index (χ4v) is 9.00. The normalized spacial score (nSPS) is 12.0. The van der Waals surface area contributed by atoms with Crippen LogP contribution in [-0.4, -0.2) is 38.0 Å². The molecule has 2 aromatic carbocycles. The Morgan fingerprint density at radius 3 is 1.68 bits per heavy atom. The van der Waals surface area contributed by atoms with Crippen molar-refractivity contribution >= 4 is 30.5 Å². The average molecular weight is 565 g/mol. The average Bonchev–Trinajstić information content (AvgIpc) is 2.97. The van der Waals surface area contributed by atoms with E-state index in [-0.39, 0.29) is 5.04 Å². The Hall–Kier alpha value is -2.70. The number of hydrogen-bond donors (Lipinski definition) is 3. The molecule has 6 heteroatoms. The number of allylic oxidation sites excluding steroid dienone is 2. The van der Waals surface area contributed by atoms with E-state index < -0.39 is 20.1 Å². The highest BCUT2D eigenvalue weighted by molar-refractivity contribution is 6.98. The van der Waals surface area contributed by atoms with Crippen molar-refractivity contribution in [3.05, 3.63) is 72.8 Å². The summed E-state index contributed by atoms with van der Waals surface area (Å²) in [6.45, 7) is 7.65. The molecule has 0 aliphatic carbocycles. The zero-order chi connectivity index (χ0) is 29.1. The van der Waals surface area contributed by atoms with E-state index in [9.17, 15) is 14.4 Å². The molecule has 2 aromatic rings. The van der Waals surface area contributed by atoms with E-state index in [0.717, 1.165) is 61.7 Å². The number of carbonyl (C=O) groups is 2. The van der Waals surface area contributed by atoms with Crippen molar-refractivity contribution in [2.45, 2.75) is 103 Å². The Kier molecular flexibility index (Phi) is 15.6. The third-order valence-electron chi connectivity index (χ3n) is 7.81. The van der Waals surface area contributed by atoms with Crippen LogP contribution in [0.5, 0.6) is 0 Å². The van der Waals surface area contributed by atoms with Crippen molar-refractivity contribution in [3.8, 4) is 0 Å². The SMILES string of the molecule is CCCCNC(=O)C(=O)NCCCC/C=C\CCCCCCCC(C)(C)[Si](O)(c1ccccc1)c1ccccc1. The Bertz CT molecular complexity index is 969. The van der Waals surface area contributed by atoms with Crippen molar-refractivity contribution in [2.75, 3.05) is 13.1 Å². The summed E-state index contributed by atoms with van der Waals surface area (Å²) in [6.07, 6.45) is 17.4. The second-order valence-corrected chi connectivity index (χ2v) is 15.4. The maximum atomic E-state index is 12.3. The lowest BCUT2D eigenvalue weighted by Gasteiger charge is -2.41. The summed E-state index contributed by atoms with van der Waals surface area (Å²) in [5.41, 5.74) is 0. The molecule has 0 aliphatic heterocycles. The van der Waals surface area contributed by atoms with E-state index in [1.807, 2.05) is 43.3 Å². The van der Waals surface area contributed by atoms with Gasteiger partial charge in [0.05, 0.1) is 0 Å². The largest absolute Gasteiger partial charge is 0.424 e. The second-order valence-electron chi connectivity index (χ2n) is 11.5. The number of carbonyl (C=O) groups excluding carboxylic acids is 2. The standard InChI is InChI=1S/C34H52N2O3Si/c1-4-5-28-35-32(37)33(38)36-29-22-14-12-10-8-6-7-9-11-13-21-27-34(2,3)40(39,30-23-17-15-18-24-30)31-25-19-16-20-26-31/h8,10,15-20,23-26,39H,4-7,9,11-14,21-22,27-29H2,1-3H3,(H,35,37)(H,36,38)/b10-8-. The maximum Gasteiger partial charge on any atom is 0.309 e. The van der Waals surface area contributed by atoms with E-state index in [1.165, 1.54) is 25.7 Å². The molecule has 0 aliphatic rings. The summed E-state index contributed by atoms with van der Waals surface area (Å²) in [5.74, 6) is -1.06. The predicted octanol–water partition coefficient (Wildman–Crippen LogP) is 6.01. The molecule has 2 amide bonds. The van der Waals surface area contributed by atoms with Crippen molar-refractivity contribution in [2.24, 2.45) is 0 Å². The second kappa shape index (κ2) is 18.6. The highest BCUT2D eigenvalue weighted by atomic mass is 28.4. The van der Waals surface area contributed by atoms with Crippen LogP contribution >= 0.6 is 0 Å². The van der Waals surface area contributed by atoms with Gasteiger partial charge in [-0.15, -0.1) is 0 Å². The van der Waals surface area contributed by atoms with Crippen LogP contribution in [0.2, 0.25) is 5.04 Å². The first-order valence-corrected chi connectivity index (χ1v) is 17.3. The molecule has 0 fully saturated rings. The molecular formula is C34H52N2O3Si. The van der Waals surface area contributed by atoms with Crippen molar-refractivity contribution in [1.82, 2.24) is 10.6 Å². The number of hydrogen-bond acceptors (Lipinski definition) is 3. The Morgan fingerprint density at radius 2 is 1.15 bits per heavy atom. The number of unbranched alkanes of at least 4 members (excludes halogenated alkanes) is 8. The molecule has 3 N–H and O–H groups in total. The van der Waals surface area contributed by atoms with Gasteiger partial charge in [0.25, 0.3) is 8.32 Å². The third kappa shape index (κ3) is 11.1. The van der Waals surface area contributed by atoms with E-state index in [0.29, 0.717) is 13.1 Å². The maximum absolute atomic E-state index is 12.3. The predicted molar refractivity (Wildman–Crippen MR) is 170 cm³/mol. The molecule has 0 saturated heterocycles. The van der Waals surface area contributed by atoms with Gasteiger partial charge in [-0.2, -0.15) is 0 Å². The van der Waals surface area contributed by atoms with Gasteiger partial charge in [0, 0.05) is 13.1 Å². The van der Waals surface area contributed by atoms with Crippen LogP contribution in [0.15, 0.2) is 72.8 Å². The number of amides is 2. The van der Waals surface area contributed by atoms with E-state index >= 15 is 0 Å². The highest BCUT2D eigenvalue weighted by Crippen LogP contribution is 2.40. The first kappa shape index (κ1) is 33.5. The van der Waals surface area contributed by atoms with Crippen LogP contribution in [0, 0.1) is 0 Å². The highest BCUT2D eigenvalue weighted by Gasteiger charge is 2.49. The van der Waals surface area contributed by atoms with E-state index in [1.54, 1.807) is 0 Å². The molecule has 0 atom stereocenters. The van der Waals surface area contributed by atoms with Gasteiger partial charge in [-0.25, -0.2) is 0 Å². The van der Waals surface area contributed by atoms with E-state index in [2.05, 4.69) is 60.9 Å². The summed E-state index contributed by atoms with van der Waals surface area (Å²) in [4.78, 5) is 35.6. The molecule has 220 valence electrons. The minimum absolute atomic E-state index is 0.164. The lowest BCUT2D eigenvalue weighted by atomic mass is 10.0. The Balaban J connectivity index is 1.59. The minimum Gasteiger partial charge on any atom is -0.424 e. The lowest BCUT2D eigenvalue weighted by molar-refractivity contribution is -0.139. The first-order valence-electron chi connectivity index (χ1n) is 15.4. The molecule has 0 saturated carbocycles. The summed E-state index contributed by atoms with van der Waals surface area (Å²) in [7, 11) is -2.90. The van der Waals surface area contributed by atoms with Crippen molar-refractivity contribution in [3.63, 3.8) is 0 Å². The van der Waals surface area contributed by atoms with E-state index in [4.69, 9.17) is 0 Å². The van der Waals surface area contributed by atoms with Gasteiger partial charge in [0.1, 0.15) is 0 Å². The van der Waals surface area contributed by atoms with Crippen LogP contribution in [0.25, 0.3) is 0 Å². The molecule has 0 unspecified atom stereocenters. The molecule has 5 nitrogen and oxygen atoms in total. The molecule has 0 bridgehead atoms. The van der Waals surface area contributed by atoms with Crippen LogP contribution in [-0.2, 0) is 9.59 Å². The number of benzene rings is 2. The van der Waals surface area contributed by atoms with Crippen LogP contribution in [0.4, 0.5) is 0 Å². The summed E-state index contributed by atoms with van der Waals surface area (Å²) in [6, 6.07) is 20.6. The van der Waals surface area contributed by atoms with Gasteiger partial charge in [-0.05, 0) is 60.4 Å². The monoisotopic (exact) mass is 564 g/mol. The van der Waals surface area contributed by atoms with Gasteiger partial charge in [-0.1, -0.05) is 126 Å². The summed E-state index contributed by atoms with van der Waals surface area (Å²) >= 11 is 0. The van der Waals surface area contributed by atoms with Gasteiger partial charge in [0.15, 0.2) is 0 Å². The minimum atomic E-state index is -2.90. The van der Waals surface area contributed by atoms with Crippen LogP contribution < -0.4 is 21.0 Å². The van der Waals surface area contributed by atoms with Crippen molar-refractivity contribution in [1.29, 1.82) is 0 Å². The van der Waals surface area contributed by atoms with Crippen LogP contribution in [0.1, 0.15) is 97.8 Å². The number of nitrogens with one attached hydrogen (secondary N) is 2. The zero-order valence-electron chi connectivity index (χ0n) is 25.1. The molecule has 2 rings (SSSR count). The van der Waals surface area contributed by atoms with Crippen molar-refractivity contribution < 1.29 is 14.4 Å². The zero-order valence-corrected chi connectivity index (χ0v) is 26.1. The van der Waals surface area contributed by atoms with Gasteiger partial charge >= 0.3 is 11.8 Å². The first-order chi connectivity index (χ1) is 19.3. The topological polar surface area (TPSA) is 78.4 Å². The molecule has 0 spiro atoms. The fourth-order valence-electron chi connectivity index (χ4n) is 5.21. The molecule has 0 radical (unpaired) electrons. The van der Waals surface area contributed by atoms with Crippen LogP contribution in [0.3, 0.4) is 0 Å². The number of rotatable bonds is 19. The molecule has 0 heterocycles. The smallest absolute Gasteiger partial charge is 0.309 e.